The summed E-state index contributed by atoms with van der Waals surface area (Å²) in [6, 6.07) is 10.3. The van der Waals surface area contributed by atoms with Gasteiger partial charge in [-0.1, -0.05) is 12.1 Å². The van der Waals surface area contributed by atoms with E-state index in [4.69, 9.17) is 0 Å². The fourth-order valence-corrected chi connectivity index (χ4v) is 2.18. The van der Waals surface area contributed by atoms with Crippen LogP contribution in [0.4, 0.5) is 17.1 Å². The molecule has 1 unspecified atom stereocenters. The molecule has 2 heterocycles. The molecule has 0 bridgehead atoms. The maximum absolute atomic E-state index is 4.15. The van der Waals surface area contributed by atoms with E-state index in [0.717, 1.165) is 11.4 Å². The number of nitrogens with one attached hydrogen (secondary N) is 2. The summed E-state index contributed by atoms with van der Waals surface area (Å²) in [7, 11) is 2.07. The lowest BCUT2D eigenvalue weighted by Crippen LogP contribution is -2.39. The number of benzene rings is 1. The molecule has 1 aromatic carbocycles. The highest BCUT2D eigenvalue weighted by atomic mass is 15.4. The van der Waals surface area contributed by atoms with E-state index in [1.54, 1.807) is 6.20 Å². The summed E-state index contributed by atoms with van der Waals surface area (Å²) in [4.78, 5) is 6.34. The Morgan fingerprint density at radius 3 is 2.89 bits per heavy atom. The van der Waals surface area contributed by atoms with Crippen LogP contribution in [-0.4, -0.2) is 18.3 Å². The smallest absolute Gasteiger partial charge is 0.176 e. The second-order valence-electron chi connectivity index (χ2n) is 4.51. The molecule has 0 fully saturated rings. The number of hydrogen-bond acceptors (Lipinski definition) is 4. The fourth-order valence-electron chi connectivity index (χ4n) is 2.18. The van der Waals surface area contributed by atoms with Gasteiger partial charge in [0, 0.05) is 13.2 Å². The molecular formula is C14H16N4. The minimum atomic E-state index is 0.0605. The van der Waals surface area contributed by atoms with Crippen LogP contribution in [0.1, 0.15) is 5.56 Å². The van der Waals surface area contributed by atoms with Gasteiger partial charge in [0.05, 0.1) is 23.3 Å². The molecule has 0 saturated carbocycles. The highest BCUT2D eigenvalue weighted by molar-refractivity contribution is 5.76. The van der Waals surface area contributed by atoms with Gasteiger partial charge in [0.25, 0.3) is 0 Å². The number of fused-ring (bicyclic) bond motifs is 1. The zero-order valence-electron chi connectivity index (χ0n) is 10.5. The second-order valence-corrected chi connectivity index (χ2v) is 4.51. The topological polar surface area (TPSA) is 40.2 Å². The summed E-state index contributed by atoms with van der Waals surface area (Å²) in [5.41, 5.74) is 4.60. The van der Waals surface area contributed by atoms with Crippen molar-refractivity contribution in [3.8, 4) is 0 Å². The van der Waals surface area contributed by atoms with E-state index in [2.05, 4.69) is 52.7 Å². The van der Waals surface area contributed by atoms with Crippen molar-refractivity contribution < 1.29 is 0 Å². The molecule has 92 valence electrons. The first-order valence-corrected chi connectivity index (χ1v) is 6.01. The number of rotatable bonds is 2. The average Bonchev–Trinajstić information content (AvgIpc) is 2.70. The lowest BCUT2D eigenvalue weighted by molar-refractivity contribution is 0.819. The molecule has 18 heavy (non-hydrogen) atoms. The fraction of sp³-hybridized carbons (Fsp3) is 0.214. The van der Waals surface area contributed by atoms with Gasteiger partial charge in [-0.2, -0.15) is 0 Å². The first-order valence-electron chi connectivity index (χ1n) is 6.01. The molecule has 1 aliphatic heterocycles. The zero-order chi connectivity index (χ0) is 12.5. The number of pyridine rings is 1. The number of anilines is 3. The van der Waals surface area contributed by atoms with Crippen molar-refractivity contribution in [2.75, 3.05) is 22.6 Å². The molecular weight excluding hydrogens is 224 g/mol. The van der Waals surface area contributed by atoms with Crippen LogP contribution in [0, 0.1) is 6.92 Å². The first kappa shape index (κ1) is 10.9. The van der Waals surface area contributed by atoms with E-state index >= 15 is 0 Å². The van der Waals surface area contributed by atoms with Crippen molar-refractivity contribution in [1.29, 1.82) is 0 Å². The van der Waals surface area contributed by atoms with Gasteiger partial charge in [0.2, 0.25) is 0 Å². The molecule has 1 atom stereocenters. The van der Waals surface area contributed by atoms with E-state index in [-0.39, 0.29) is 6.29 Å². The summed E-state index contributed by atoms with van der Waals surface area (Å²) < 4.78 is 0. The monoisotopic (exact) mass is 240 g/mol. The van der Waals surface area contributed by atoms with Gasteiger partial charge < -0.3 is 15.5 Å². The average molecular weight is 240 g/mol. The summed E-state index contributed by atoms with van der Waals surface area (Å²) in [6.07, 6.45) is 3.72. The molecule has 0 radical (unpaired) electrons. The normalized spacial score (nSPS) is 17.2. The molecule has 4 heteroatoms. The Kier molecular flexibility index (Phi) is 2.55. The summed E-state index contributed by atoms with van der Waals surface area (Å²) in [6.45, 7) is 2.08. The Morgan fingerprint density at radius 1 is 1.28 bits per heavy atom. The number of nitrogens with zero attached hydrogens (tertiary/aromatic N) is 2. The standard InChI is InChI=1S/C14H16N4/c1-10-7-8-15-9-12(10)17-14-16-11-5-3-4-6-13(11)18(14)2/h3-9,14,16-17H,1-2H3. The van der Waals surface area contributed by atoms with Crippen molar-refractivity contribution in [2.24, 2.45) is 0 Å². The highest BCUT2D eigenvalue weighted by Gasteiger charge is 2.24. The predicted octanol–water partition coefficient (Wildman–Crippen LogP) is 2.65. The molecule has 0 amide bonds. The molecule has 0 saturated heterocycles. The highest BCUT2D eigenvalue weighted by Crippen LogP contribution is 2.33. The summed E-state index contributed by atoms with van der Waals surface area (Å²) in [5.74, 6) is 0. The molecule has 4 nitrogen and oxygen atoms in total. The van der Waals surface area contributed by atoms with E-state index in [9.17, 15) is 0 Å². The third-order valence-electron chi connectivity index (χ3n) is 3.29. The molecule has 1 aliphatic rings. The van der Waals surface area contributed by atoms with Crippen LogP contribution < -0.4 is 15.5 Å². The van der Waals surface area contributed by atoms with Crippen molar-refractivity contribution in [3.05, 3.63) is 48.3 Å². The van der Waals surface area contributed by atoms with Crippen molar-refractivity contribution in [3.63, 3.8) is 0 Å². The quantitative estimate of drug-likeness (QED) is 0.846. The maximum atomic E-state index is 4.15. The lowest BCUT2D eigenvalue weighted by atomic mass is 10.2. The SMILES string of the molecule is Cc1ccncc1NC1Nc2ccccc2N1C. The third-order valence-corrected chi connectivity index (χ3v) is 3.29. The first-order chi connectivity index (χ1) is 8.75. The van der Waals surface area contributed by atoms with Crippen molar-refractivity contribution in [1.82, 2.24) is 4.98 Å². The Bertz CT molecular complexity index is 567. The minimum Gasteiger partial charge on any atom is -0.347 e. The molecule has 2 N–H and O–H groups in total. The molecule has 0 spiro atoms. The molecule has 3 rings (SSSR count). The lowest BCUT2D eigenvalue weighted by Gasteiger charge is -2.24. The van der Waals surface area contributed by atoms with Crippen LogP contribution in [-0.2, 0) is 0 Å². The summed E-state index contributed by atoms with van der Waals surface area (Å²) in [5, 5.41) is 6.91. The molecule has 2 aromatic rings. The van der Waals surface area contributed by atoms with Crippen LogP contribution in [0.2, 0.25) is 0 Å². The van der Waals surface area contributed by atoms with Gasteiger partial charge in [-0.3, -0.25) is 4.98 Å². The van der Waals surface area contributed by atoms with Crippen LogP contribution >= 0.6 is 0 Å². The Morgan fingerprint density at radius 2 is 2.11 bits per heavy atom. The van der Waals surface area contributed by atoms with E-state index in [0.29, 0.717) is 0 Å². The van der Waals surface area contributed by atoms with Crippen LogP contribution in [0.25, 0.3) is 0 Å². The van der Waals surface area contributed by atoms with Crippen LogP contribution in [0.5, 0.6) is 0 Å². The van der Waals surface area contributed by atoms with Gasteiger partial charge in [0.1, 0.15) is 0 Å². The Hall–Kier alpha value is -2.23. The van der Waals surface area contributed by atoms with Crippen LogP contribution in [0.15, 0.2) is 42.7 Å². The predicted molar refractivity (Wildman–Crippen MR) is 74.9 cm³/mol. The Labute approximate surface area is 107 Å². The van der Waals surface area contributed by atoms with Gasteiger partial charge in [0.15, 0.2) is 6.29 Å². The van der Waals surface area contributed by atoms with Crippen molar-refractivity contribution >= 4 is 17.1 Å². The third kappa shape index (κ3) is 1.76. The minimum absolute atomic E-state index is 0.0605. The summed E-state index contributed by atoms with van der Waals surface area (Å²) >= 11 is 0. The zero-order valence-corrected chi connectivity index (χ0v) is 10.5. The largest absolute Gasteiger partial charge is 0.347 e. The second kappa shape index (κ2) is 4.22. The van der Waals surface area contributed by atoms with E-state index < -0.39 is 0 Å². The number of aryl methyl sites for hydroxylation is 1. The molecule has 1 aromatic heterocycles. The van der Waals surface area contributed by atoms with Gasteiger partial charge >= 0.3 is 0 Å². The molecule has 0 aliphatic carbocycles. The van der Waals surface area contributed by atoms with E-state index in [1.165, 1.54) is 11.3 Å². The Balaban J connectivity index is 1.83. The van der Waals surface area contributed by atoms with Gasteiger partial charge in [-0.25, -0.2) is 0 Å². The number of aromatic nitrogens is 1. The maximum Gasteiger partial charge on any atom is 0.176 e. The van der Waals surface area contributed by atoms with E-state index in [1.807, 2.05) is 18.3 Å². The van der Waals surface area contributed by atoms with Gasteiger partial charge in [-0.05, 0) is 30.7 Å². The van der Waals surface area contributed by atoms with Crippen LogP contribution in [0.3, 0.4) is 0 Å². The van der Waals surface area contributed by atoms with Gasteiger partial charge in [-0.15, -0.1) is 0 Å². The number of hydrogen-bond donors (Lipinski definition) is 2. The number of para-hydroxylation sites is 2. The van der Waals surface area contributed by atoms with Crippen molar-refractivity contribution in [2.45, 2.75) is 13.2 Å².